The molecule has 19 heavy (non-hydrogen) atoms. The minimum atomic E-state index is 0.546. The lowest BCUT2D eigenvalue weighted by Gasteiger charge is -2.36. The van der Waals surface area contributed by atoms with Gasteiger partial charge in [0.25, 0.3) is 0 Å². The molecule has 0 radical (unpaired) electrons. The normalized spacial score (nSPS) is 32.5. The van der Waals surface area contributed by atoms with Crippen LogP contribution in [0.25, 0.3) is 0 Å². The summed E-state index contributed by atoms with van der Waals surface area (Å²) in [7, 11) is 0. The van der Waals surface area contributed by atoms with Crippen LogP contribution in [0.5, 0.6) is 0 Å². The van der Waals surface area contributed by atoms with E-state index in [0.29, 0.717) is 17.8 Å². The van der Waals surface area contributed by atoms with Crippen molar-refractivity contribution in [3.05, 3.63) is 0 Å². The molecule has 0 aromatic heterocycles. The van der Waals surface area contributed by atoms with Gasteiger partial charge in [0.1, 0.15) is 0 Å². The molecule has 0 amide bonds. The second-order valence-corrected chi connectivity index (χ2v) is 7.15. The maximum atomic E-state index is 4.53. The highest BCUT2D eigenvalue weighted by molar-refractivity contribution is 5.97. The fourth-order valence-corrected chi connectivity index (χ4v) is 3.89. The monoisotopic (exact) mass is 262 g/mol. The molecule has 0 N–H and O–H groups in total. The Bertz CT molecular complexity index is 365. The predicted molar refractivity (Wildman–Crippen MR) is 83.8 cm³/mol. The molecule has 0 saturated heterocycles. The number of rotatable bonds is 2. The molecule has 2 nitrogen and oxygen atoms in total. The second-order valence-electron chi connectivity index (χ2n) is 7.15. The van der Waals surface area contributed by atoms with Crippen LogP contribution in [-0.2, 0) is 0 Å². The highest BCUT2D eigenvalue weighted by Gasteiger charge is 2.34. The van der Waals surface area contributed by atoms with E-state index in [2.05, 4.69) is 44.8 Å². The van der Waals surface area contributed by atoms with Gasteiger partial charge in [-0.2, -0.15) is 10.2 Å². The molecule has 3 atom stereocenters. The molecular weight excluding hydrogens is 232 g/mol. The molecule has 1 heterocycles. The van der Waals surface area contributed by atoms with Gasteiger partial charge in [-0.1, -0.05) is 40.5 Å². The first-order valence-electron chi connectivity index (χ1n) is 8.12. The Morgan fingerprint density at radius 3 is 2.26 bits per heavy atom. The van der Waals surface area contributed by atoms with Crippen LogP contribution in [0.1, 0.15) is 66.7 Å². The highest BCUT2D eigenvalue weighted by atomic mass is 15.2. The average molecular weight is 262 g/mol. The number of hydrogen-bond donors (Lipinski definition) is 0. The first kappa shape index (κ1) is 14.7. The van der Waals surface area contributed by atoms with Crippen molar-refractivity contribution in [2.75, 3.05) is 0 Å². The summed E-state index contributed by atoms with van der Waals surface area (Å²) in [6.45, 7) is 11.5. The molecule has 1 fully saturated rings. The van der Waals surface area contributed by atoms with Crippen molar-refractivity contribution in [3.63, 3.8) is 0 Å². The van der Waals surface area contributed by atoms with Gasteiger partial charge in [-0.25, -0.2) is 0 Å². The summed E-state index contributed by atoms with van der Waals surface area (Å²) in [5, 5.41) is 8.99. The first-order valence-corrected chi connectivity index (χ1v) is 8.12. The van der Waals surface area contributed by atoms with Crippen LogP contribution in [0, 0.1) is 29.6 Å². The maximum Gasteiger partial charge on any atom is 0.0468 e. The van der Waals surface area contributed by atoms with Crippen molar-refractivity contribution >= 4 is 11.4 Å². The van der Waals surface area contributed by atoms with Crippen LogP contribution in [-0.4, -0.2) is 11.4 Å². The molecule has 0 aromatic rings. The summed E-state index contributed by atoms with van der Waals surface area (Å²) >= 11 is 0. The standard InChI is InChI=1S/C17H30N2/c1-11(2)14-7-6-8-16-15(10-9-14)13(5)18-19-17(16)12(3)4/h11-12,14-16H,6-10H2,1-5H3. The van der Waals surface area contributed by atoms with Crippen LogP contribution < -0.4 is 0 Å². The van der Waals surface area contributed by atoms with Gasteiger partial charge in [-0.15, -0.1) is 0 Å². The number of nitrogens with zero attached hydrogens (tertiary/aromatic N) is 2. The van der Waals surface area contributed by atoms with Gasteiger partial charge >= 0.3 is 0 Å². The van der Waals surface area contributed by atoms with Crippen LogP contribution in [0.2, 0.25) is 0 Å². The minimum absolute atomic E-state index is 0.546. The fraction of sp³-hybridized carbons (Fsp3) is 0.882. The molecule has 1 saturated carbocycles. The molecule has 108 valence electrons. The Labute approximate surface area is 118 Å². The molecular formula is C17H30N2. The van der Waals surface area contributed by atoms with Gasteiger partial charge in [-0.05, 0) is 43.9 Å². The fourth-order valence-electron chi connectivity index (χ4n) is 3.89. The van der Waals surface area contributed by atoms with Crippen LogP contribution in [0.3, 0.4) is 0 Å². The molecule has 2 heteroatoms. The van der Waals surface area contributed by atoms with Gasteiger partial charge in [0.05, 0.1) is 0 Å². The maximum absolute atomic E-state index is 4.53. The zero-order valence-electron chi connectivity index (χ0n) is 13.3. The molecule has 2 rings (SSSR count). The van der Waals surface area contributed by atoms with Gasteiger partial charge in [0.15, 0.2) is 0 Å². The third-order valence-corrected chi connectivity index (χ3v) is 5.20. The van der Waals surface area contributed by atoms with Gasteiger partial charge in [0.2, 0.25) is 0 Å². The van der Waals surface area contributed by atoms with E-state index in [-0.39, 0.29) is 0 Å². The summed E-state index contributed by atoms with van der Waals surface area (Å²) in [5.41, 5.74) is 2.64. The van der Waals surface area contributed by atoms with Crippen molar-refractivity contribution in [3.8, 4) is 0 Å². The third-order valence-electron chi connectivity index (χ3n) is 5.20. The van der Waals surface area contributed by atoms with Crippen molar-refractivity contribution in [1.82, 2.24) is 0 Å². The van der Waals surface area contributed by atoms with Gasteiger partial charge in [-0.3, -0.25) is 0 Å². The first-order chi connectivity index (χ1) is 9.00. The Morgan fingerprint density at radius 1 is 0.895 bits per heavy atom. The third kappa shape index (κ3) is 3.27. The molecule has 0 bridgehead atoms. The lowest BCUT2D eigenvalue weighted by molar-refractivity contribution is 0.262. The topological polar surface area (TPSA) is 24.7 Å². The van der Waals surface area contributed by atoms with E-state index in [1.165, 1.54) is 43.5 Å². The van der Waals surface area contributed by atoms with Gasteiger partial charge < -0.3 is 0 Å². The van der Waals surface area contributed by atoms with E-state index >= 15 is 0 Å². The molecule has 0 aromatic carbocycles. The van der Waals surface area contributed by atoms with E-state index in [1.54, 1.807) is 0 Å². The molecule has 0 spiro atoms. The van der Waals surface area contributed by atoms with E-state index in [0.717, 1.165) is 11.8 Å². The Balaban J connectivity index is 2.15. The minimum Gasteiger partial charge on any atom is -0.160 e. The zero-order valence-corrected chi connectivity index (χ0v) is 13.3. The predicted octanol–water partition coefficient (Wildman–Crippen LogP) is 4.94. The van der Waals surface area contributed by atoms with Crippen molar-refractivity contribution in [2.24, 2.45) is 39.8 Å². The quantitative estimate of drug-likeness (QED) is 0.673. The van der Waals surface area contributed by atoms with Crippen LogP contribution >= 0.6 is 0 Å². The van der Waals surface area contributed by atoms with E-state index < -0.39 is 0 Å². The summed E-state index contributed by atoms with van der Waals surface area (Å²) in [6.07, 6.45) is 6.77. The Kier molecular flexibility index (Phi) is 4.81. The second kappa shape index (κ2) is 6.19. The van der Waals surface area contributed by atoms with Crippen molar-refractivity contribution in [2.45, 2.75) is 66.7 Å². The smallest absolute Gasteiger partial charge is 0.0468 e. The summed E-state index contributed by atoms with van der Waals surface area (Å²) < 4.78 is 0. The molecule has 3 unspecified atom stereocenters. The summed E-state index contributed by atoms with van der Waals surface area (Å²) in [5.74, 6) is 3.62. The van der Waals surface area contributed by atoms with Crippen LogP contribution in [0.4, 0.5) is 0 Å². The summed E-state index contributed by atoms with van der Waals surface area (Å²) in [4.78, 5) is 0. The number of hydrogen-bond acceptors (Lipinski definition) is 2. The lowest BCUT2D eigenvalue weighted by atomic mass is 9.70. The van der Waals surface area contributed by atoms with Crippen LogP contribution in [0.15, 0.2) is 10.2 Å². The Morgan fingerprint density at radius 2 is 1.63 bits per heavy atom. The summed E-state index contributed by atoms with van der Waals surface area (Å²) in [6, 6.07) is 0. The Hall–Kier alpha value is -0.660. The molecule has 2 aliphatic rings. The van der Waals surface area contributed by atoms with E-state index in [9.17, 15) is 0 Å². The van der Waals surface area contributed by atoms with Crippen molar-refractivity contribution in [1.29, 1.82) is 0 Å². The van der Waals surface area contributed by atoms with Gasteiger partial charge in [0, 0.05) is 23.3 Å². The zero-order chi connectivity index (χ0) is 14.0. The lowest BCUT2D eigenvalue weighted by Crippen LogP contribution is -2.36. The van der Waals surface area contributed by atoms with E-state index in [4.69, 9.17) is 0 Å². The number of fused-ring (bicyclic) bond motifs is 1. The SMILES string of the molecule is CC1=NN=C(C(C)C)C2CCCC(C(C)C)CCC12. The molecule has 1 aliphatic heterocycles. The largest absolute Gasteiger partial charge is 0.160 e. The average Bonchev–Trinajstić information content (AvgIpc) is 2.29. The van der Waals surface area contributed by atoms with E-state index in [1.807, 2.05) is 0 Å². The highest BCUT2D eigenvalue weighted by Crippen LogP contribution is 2.37. The van der Waals surface area contributed by atoms with Crippen molar-refractivity contribution < 1.29 is 0 Å². The molecule has 1 aliphatic carbocycles.